The molecule has 0 saturated carbocycles. The molecular formula is C22H16Cl2N2O3. The third-order valence-electron chi connectivity index (χ3n) is 4.64. The van der Waals surface area contributed by atoms with Crippen LogP contribution in [0.3, 0.4) is 0 Å². The molecule has 1 aliphatic heterocycles. The number of hydrogen-bond acceptors (Lipinski definition) is 3. The molecule has 4 rings (SSSR count). The number of benzene rings is 3. The van der Waals surface area contributed by atoms with Crippen LogP contribution in [0.25, 0.3) is 0 Å². The predicted octanol–water partition coefficient (Wildman–Crippen LogP) is 5.94. The van der Waals surface area contributed by atoms with Crippen LogP contribution in [0, 0.1) is 6.92 Å². The van der Waals surface area contributed by atoms with E-state index in [2.05, 4.69) is 5.32 Å². The number of nitrogens with zero attached hydrogens (tertiary/aromatic N) is 1. The van der Waals surface area contributed by atoms with Crippen molar-refractivity contribution in [3.05, 3.63) is 81.3 Å². The van der Waals surface area contributed by atoms with Crippen LogP contribution in [0.4, 0.5) is 11.4 Å². The van der Waals surface area contributed by atoms with E-state index in [0.29, 0.717) is 33.5 Å². The summed E-state index contributed by atoms with van der Waals surface area (Å²) in [5, 5.41) is 3.45. The number of fused-ring (bicyclic) bond motifs is 2. The summed E-state index contributed by atoms with van der Waals surface area (Å²) in [6.45, 7) is 1.95. The van der Waals surface area contributed by atoms with Gasteiger partial charge in [0, 0.05) is 17.8 Å². The molecule has 7 heteroatoms. The third kappa shape index (κ3) is 3.67. The Morgan fingerprint density at radius 2 is 1.76 bits per heavy atom. The van der Waals surface area contributed by atoms with Gasteiger partial charge in [0.25, 0.3) is 11.8 Å². The summed E-state index contributed by atoms with van der Waals surface area (Å²) in [6, 6.07) is 15.2. The summed E-state index contributed by atoms with van der Waals surface area (Å²) >= 11 is 12.0. The van der Waals surface area contributed by atoms with Crippen LogP contribution < -0.4 is 15.0 Å². The first-order valence-corrected chi connectivity index (χ1v) is 9.56. The van der Waals surface area contributed by atoms with Gasteiger partial charge in [0.05, 0.1) is 21.8 Å². The Hall–Kier alpha value is -3.02. The van der Waals surface area contributed by atoms with Crippen molar-refractivity contribution < 1.29 is 14.3 Å². The summed E-state index contributed by atoms with van der Waals surface area (Å²) in [5.41, 5.74) is 2.79. The summed E-state index contributed by atoms with van der Waals surface area (Å²) in [6.07, 6.45) is 0. The summed E-state index contributed by atoms with van der Waals surface area (Å²) in [7, 11) is 1.69. The topological polar surface area (TPSA) is 58.6 Å². The van der Waals surface area contributed by atoms with Crippen LogP contribution in [0.1, 0.15) is 26.3 Å². The SMILES string of the molecule is Cc1ccc2c(c1)N(C)C(=O)c1cc(NC(=O)c3ccc(Cl)cc3Cl)ccc1O2. The Bertz CT molecular complexity index is 1160. The van der Waals surface area contributed by atoms with E-state index in [0.717, 1.165) is 5.56 Å². The highest BCUT2D eigenvalue weighted by molar-refractivity contribution is 6.37. The van der Waals surface area contributed by atoms with E-state index in [-0.39, 0.29) is 16.5 Å². The Morgan fingerprint density at radius 1 is 1.00 bits per heavy atom. The number of hydrogen-bond donors (Lipinski definition) is 1. The lowest BCUT2D eigenvalue weighted by Gasteiger charge is -2.16. The monoisotopic (exact) mass is 426 g/mol. The Labute approximate surface area is 177 Å². The van der Waals surface area contributed by atoms with Crippen LogP contribution in [-0.2, 0) is 0 Å². The van der Waals surface area contributed by atoms with Crippen molar-refractivity contribution >= 4 is 46.4 Å². The highest BCUT2D eigenvalue weighted by Gasteiger charge is 2.26. The smallest absolute Gasteiger partial charge is 0.261 e. The van der Waals surface area contributed by atoms with E-state index in [1.807, 2.05) is 25.1 Å². The van der Waals surface area contributed by atoms with Crippen molar-refractivity contribution in [1.82, 2.24) is 0 Å². The van der Waals surface area contributed by atoms with Gasteiger partial charge in [-0.15, -0.1) is 0 Å². The van der Waals surface area contributed by atoms with E-state index in [1.54, 1.807) is 37.4 Å². The maximum Gasteiger partial charge on any atom is 0.261 e. The molecule has 3 aromatic carbocycles. The van der Waals surface area contributed by atoms with Gasteiger partial charge in [-0.05, 0) is 61.0 Å². The molecule has 0 aliphatic carbocycles. The average Bonchev–Trinajstić information content (AvgIpc) is 2.78. The molecule has 3 aromatic rings. The largest absolute Gasteiger partial charge is 0.454 e. The van der Waals surface area contributed by atoms with Crippen LogP contribution in [0.5, 0.6) is 11.5 Å². The van der Waals surface area contributed by atoms with Crippen LogP contribution in [0.2, 0.25) is 10.0 Å². The Morgan fingerprint density at radius 3 is 2.52 bits per heavy atom. The average molecular weight is 427 g/mol. The maximum absolute atomic E-state index is 13.0. The molecule has 0 bridgehead atoms. The van der Waals surface area contributed by atoms with Gasteiger partial charge in [0.15, 0.2) is 5.75 Å². The highest BCUT2D eigenvalue weighted by Crippen LogP contribution is 2.39. The zero-order chi connectivity index (χ0) is 20.7. The molecule has 0 unspecified atom stereocenters. The first kappa shape index (κ1) is 19.3. The maximum atomic E-state index is 13.0. The molecular weight excluding hydrogens is 411 g/mol. The quantitative estimate of drug-likeness (QED) is 0.551. The lowest BCUT2D eigenvalue weighted by atomic mass is 10.1. The second kappa shape index (κ2) is 7.43. The van der Waals surface area contributed by atoms with Gasteiger partial charge in [-0.3, -0.25) is 9.59 Å². The summed E-state index contributed by atoms with van der Waals surface area (Å²) in [4.78, 5) is 27.1. The van der Waals surface area contributed by atoms with Crippen molar-refractivity contribution in [2.75, 3.05) is 17.3 Å². The highest BCUT2D eigenvalue weighted by atomic mass is 35.5. The zero-order valence-corrected chi connectivity index (χ0v) is 17.1. The minimum absolute atomic E-state index is 0.232. The minimum Gasteiger partial charge on any atom is -0.454 e. The molecule has 1 heterocycles. The predicted molar refractivity (Wildman–Crippen MR) is 115 cm³/mol. The first-order chi connectivity index (χ1) is 13.8. The second-order valence-electron chi connectivity index (χ2n) is 6.73. The lowest BCUT2D eigenvalue weighted by Crippen LogP contribution is -2.25. The van der Waals surface area contributed by atoms with Crippen LogP contribution in [-0.4, -0.2) is 18.9 Å². The number of halogens is 2. The number of rotatable bonds is 2. The first-order valence-electron chi connectivity index (χ1n) is 8.80. The molecule has 146 valence electrons. The fourth-order valence-electron chi connectivity index (χ4n) is 3.12. The second-order valence-corrected chi connectivity index (χ2v) is 7.57. The Kier molecular flexibility index (Phi) is 4.94. The molecule has 0 radical (unpaired) electrons. The minimum atomic E-state index is -0.402. The molecule has 5 nitrogen and oxygen atoms in total. The normalized spacial score (nSPS) is 12.6. The summed E-state index contributed by atoms with van der Waals surface area (Å²) < 4.78 is 5.96. The number of amides is 2. The fourth-order valence-corrected chi connectivity index (χ4v) is 3.61. The van der Waals surface area contributed by atoms with Crippen molar-refractivity contribution in [2.24, 2.45) is 0 Å². The van der Waals surface area contributed by atoms with Gasteiger partial charge in [-0.2, -0.15) is 0 Å². The van der Waals surface area contributed by atoms with Crippen molar-refractivity contribution in [2.45, 2.75) is 6.92 Å². The number of carbonyl (C=O) groups is 2. The molecule has 0 saturated heterocycles. The van der Waals surface area contributed by atoms with Gasteiger partial charge >= 0.3 is 0 Å². The number of carbonyl (C=O) groups excluding carboxylic acids is 2. The Balaban J connectivity index is 1.66. The number of aryl methyl sites for hydroxylation is 1. The van der Waals surface area contributed by atoms with E-state index in [1.165, 1.54) is 11.0 Å². The van der Waals surface area contributed by atoms with Crippen molar-refractivity contribution in [1.29, 1.82) is 0 Å². The zero-order valence-electron chi connectivity index (χ0n) is 15.6. The molecule has 0 spiro atoms. The molecule has 1 N–H and O–H groups in total. The van der Waals surface area contributed by atoms with Crippen LogP contribution >= 0.6 is 23.2 Å². The summed E-state index contributed by atoms with van der Waals surface area (Å²) in [5.74, 6) is 0.382. The molecule has 29 heavy (non-hydrogen) atoms. The van der Waals surface area contributed by atoms with Gasteiger partial charge in [-0.25, -0.2) is 0 Å². The molecule has 0 atom stereocenters. The molecule has 0 fully saturated rings. The van der Waals surface area contributed by atoms with Crippen molar-refractivity contribution in [3.8, 4) is 11.5 Å². The third-order valence-corrected chi connectivity index (χ3v) is 5.19. The van der Waals surface area contributed by atoms with E-state index < -0.39 is 5.91 Å². The molecule has 2 amide bonds. The van der Waals surface area contributed by atoms with Gasteiger partial charge < -0.3 is 15.0 Å². The lowest BCUT2D eigenvalue weighted by molar-refractivity contribution is 0.0990. The van der Waals surface area contributed by atoms with E-state index in [9.17, 15) is 9.59 Å². The molecule has 0 aromatic heterocycles. The van der Waals surface area contributed by atoms with Gasteiger partial charge in [0.2, 0.25) is 0 Å². The number of nitrogens with one attached hydrogen (secondary N) is 1. The number of anilines is 2. The number of ether oxygens (including phenoxy) is 1. The fraction of sp³-hybridized carbons (Fsp3) is 0.0909. The van der Waals surface area contributed by atoms with E-state index in [4.69, 9.17) is 27.9 Å². The molecule has 1 aliphatic rings. The van der Waals surface area contributed by atoms with Crippen molar-refractivity contribution in [3.63, 3.8) is 0 Å². The van der Waals surface area contributed by atoms with Gasteiger partial charge in [-0.1, -0.05) is 29.3 Å². The van der Waals surface area contributed by atoms with E-state index >= 15 is 0 Å². The van der Waals surface area contributed by atoms with Gasteiger partial charge in [0.1, 0.15) is 5.75 Å². The van der Waals surface area contributed by atoms with Crippen LogP contribution in [0.15, 0.2) is 54.6 Å². The standard InChI is InChI=1S/C22H16Cl2N2O3/c1-12-3-7-20-18(9-12)26(2)22(28)16-11-14(5-8-19(16)29-20)25-21(27)15-6-4-13(23)10-17(15)24/h3-11H,1-2H3,(H,25,27).